The Morgan fingerprint density at radius 3 is 3.20 bits per heavy atom. The monoisotopic (exact) mass is 307 g/mol. The molecule has 20 heavy (non-hydrogen) atoms. The Kier molecular flexibility index (Phi) is 4.59. The van der Waals surface area contributed by atoms with Gasteiger partial charge in [0.1, 0.15) is 0 Å². The second-order valence-corrected chi connectivity index (χ2v) is 6.98. The van der Waals surface area contributed by atoms with Crippen LogP contribution in [-0.4, -0.2) is 44.8 Å². The Morgan fingerprint density at radius 1 is 1.45 bits per heavy atom. The molecule has 106 valence electrons. The van der Waals surface area contributed by atoms with E-state index in [-0.39, 0.29) is 0 Å². The molecule has 0 bridgehead atoms. The van der Waals surface area contributed by atoms with Crippen LogP contribution >= 0.6 is 23.5 Å². The van der Waals surface area contributed by atoms with Crippen LogP contribution in [0, 0.1) is 0 Å². The summed E-state index contributed by atoms with van der Waals surface area (Å²) in [5, 5.41) is 16.5. The van der Waals surface area contributed by atoms with E-state index in [9.17, 15) is 0 Å². The Labute approximate surface area is 126 Å². The van der Waals surface area contributed by atoms with Crippen molar-refractivity contribution in [2.45, 2.75) is 28.3 Å². The molecule has 1 aliphatic heterocycles. The number of thioether (sulfide) groups is 2. The minimum Gasteiger partial charge on any atom is -0.318 e. The van der Waals surface area contributed by atoms with E-state index < -0.39 is 0 Å². The summed E-state index contributed by atoms with van der Waals surface area (Å²) in [6.07, 6.45) is 1.14. The summed E-state index contributed by atoms with van der Waals surface area (Å²) in [7, 11) is 1.93. The van der Waals surface area contributed by atoms with Gasteiger partial charge >= 0.3 is 0 Å². The lowest BCUT2D eigenvalue weighted by molar-refractivity contribution is 0.530. The molecule has 0 fully saturated rings. The van der Waals surface area contributed by atoms with E-state index in [2.05, 4.69) is 45.1 Å². The molecule has 1 aromatic carbocycles. The van der Waals surface area contributed by atoms with Crippen LogP contribution in [0.25, 0.3) is 0 Å². The maximum absolute atomic E-state index is 4.11. The van der Waals surface area contributed by atoms with Gasteiger partial charge in [-0.05, 0) is 35.5 Å². The molecule has 2 heterocycles. The Morgan fingerprint density at radius 2 is 2.35 bits per heavy atom. The molecular weight excluding hydrogens is 290 g/mol. The van der Waals surface area contributed by atoms with Gasteiger partial charge in [0.15, 0.2) is 0 Å². The molecule has 2 aromatic rings. The normalized spacial score (nSPS) is 17.4. The van der Waals surface area contributed by atoms with Gasteiger partial charge in [0, 0.05) is 22.4 Å². The van der Waals surface area contributed by atoms with Crippen LogP contribution in [0.4, 0.5) is 0 Å². The summed E-state index contributed by atoms with van der Waals surface area (Å²) in [5.74, 6) is 1.04. The van der Waals surface area contributed by atoms with E-state index in [0.717, 1.165) is 30.4 Å². The summed E-state index contributed by atoms with van der Waals surface area (Å²) >= 11 is 3.72. The first kappa shape index (κ1) is 13.9. The number of tetrazole rings is 1. The van der Waals surface area contributed by atoms with E-state index in [1.165, 1.54) is 10.5 Å². The minimum absolute atomic E-state index is 0.617. The zero-order valence-electron chi connectivity index (χ0n) is 11.3. The highest BCUT2D eigenvalue weighted by molar-refractivity contribution is 8.03. The Balaban J connectivity index is 1.55. The third-order valence-electron chi connectivity index (χ3n) is 3.18. The zero-order valence-corrected chi connectivity index (χ0v) is 13.0. The molecule has 0 radical (unpaired) electrons. The first-order chi connectivity index (χ1) is 9.86. The van der Waals surface area contributed by atoms with E-state index in [1.807, 2.05) is 23.5 Å². The molecule has 1 unspecified atom stereocenters. The van der Waals surface area contributed by atoms with Crippen molar-refractivity contribution in [2.24, 2.45) is 0 Å². The van der Waals surface area contributed by atoms with Gasteiger partial charge in [-0.15, -0.1) is 16.9 Å². The fourth-order valence-corrected chi connectivity index (χ4v) is 4.55. The van der Waals surface area contributed by atoms with Gasteiger partial charge in [-0.3, -0.25) is 0 Å². The van der Waals surface area contributed by atoms with Crippen molar-refractivity contribution in [2.75, 3.05) is 19.3 Å². The van der Waals surface area contributed by atoms with Crippen LogP contribution in [-0.2, 0) is 13.0 Å². The quantitative estimate of drug-likeness (QED) is 0.820. The minimum atomic E-state index is 0.617. The second kappa shape index (κ2) is 6.60. The fourth-order valence-electron chi connectivity index (χ4n) is 2.17. The number of rotatable bonds is 6. The van der Waals surface area contributed by atoms with Crippen molar-refractivity contribution in [1.29, 1.82) is 0 Å². The lowest BCUT2D eigenvalue weighted by Gasteiger charge is -2.07. The predicted molar refractivity (Wildman–Crippen MR) is 82.3 cm³/mol. The van der Waals surface area contributed by atoms with Crippen molar-refractivity contribution < 1.29 is 0 Å². The number of nitrogens with one attached hydrogen (secondary N) is 1. The van der Waals surface area contributed by atoms with Crippen LogP contribution in [0.3, 0.4) is 0 Å². The van der Waals surface area contributed by atoms with Gasteiger partial charge in [0.05, 0.1) is 6.54 Å². The molecule has 0 spiro atoms. The van der Waals surface area contributed by atoms with Crippen molar-refractivity contribution in [1.82, 2.24) is 25.5 Å². The molecule has 0 amide bonds. The smallest absolute Gasteiger partial charge is 0.209 e. The van der Waals surface area contributed by atoms with Crippen molar-refractivity contribution in [3.05, 3.63) is 29.8 Å². The Bertz CT molecular complexity index is 546. The average Bonchev–Trinajstić information content (AvgIpc) is 3.08. The molecule has 0 saturated heterocycles. The molecule has 0 aliphatic carbocycles. The number of likely N-dealkylation sites (N-methyl/N-ethyl adjacent to an activating group) is 1. The molecule has 5 nitrogen and oxygen atoms in total. The van der Waals surface area contributed by atoms with E-state index in [1.54, 1.807) is 11.8 Å². The van der Waals surface area contributed by atoms with Crippen molar-refractivity contribution in [3.63, 3.8) is 0 Å². The lowest BCUT2D eigenvalue weighted by Crippen LogP contribution is -2.17. The highest BCUT2D eigenvalue weighted by atomic mass is 32.2. The summed E-state index contributed by atoms with van der Waals surface area (Å²) in [5.41, 5.74) is 1.47. The highest BCUT2D eigenvalue weighted by Crippen LogP contribution is 2.38. The number of hydrogen-bond acceptors (Lipinski definition) is 6. The highest BCUT2D eigenvalue weighted by Gasteiger charge is 2.22. The molecule has 0 saturated carbocycles. The van der Waals surface area contributed by atoms with Crippen molar-refractivity contribution >= 4 is 23.5 Å². The molecular formula is C13H17N5S2. The number of hydrogen-bond donors (Lipinski definition) is 1. The van der Waals surface area contributed by atoms with Gasteiger partial charge < -0.3 is 5.32 Å². The molecule has 1 aromatic heterocycles. The summed E-state index contributed by atoms with van der Waals surface area (Å²) in [6.45, 7) is 1.69. The molecule has 1 atom stereocenters. The van der Waals surface area contributed by atoms with Crippen LogP contribution in [0.2, 0.25) is 0 Å². The van der Waals surface area contributed by atoms with Gasteiger partial charge in [-0.2, -0.15) is 0 Å². The topological polar surface area (TPSA) is 55.6 Å². The molecule has 1 aliphatic rings. The summed E-state index contributed by atoms with van der Waals surface area (Å²) < 4.78 is 1.87. The number of benzene rings is 1. The van der Waals surface area contributed by atoms with Gasteiger partial charge in [-0.1, -0.05) is 30.0 Å². The molecule has 3 rings (SSSR count). The van der Waals surface area contributed by atoms with Crippen molar-refractivity contribution in [3.8, 4) is 0 Å². The summed E-state index contributed by atoms with van der Waals surface area (Å²) in [4.78, 5) is 1.42. The van der Waals surface area contributed by atoms with E-state index in [0.29, 0.717) is 5.25 Å². The summed E-state index contributed by atoms with van der Waals surface area (Å²) in [6, 6.07) is 8.67. The Hall–Kier alpha value is -1.05. The third-order valence-corrected chi connectivity index (χ3v) is 5.83. The van der Waals surface area contributed by atoms with E-state index in [4.69, 9.17) is 0 Å². The van der Waals surface area contributed by atoms with Crippen LogP contribution in [0.5, 0.6) is 0 Å². The van der Waals surface area contributed by atoms with Gasteiger partial charge in [0.2, 0.25) is 5.16 Å². The largest absolute Gasteiger partial charge is 0.318 e. The SMILES string of the molecule is CNCCn1nnnc1SCC1Cc2ccccc2S1. The molecule has 1 N–H and O–H groups in total. The third kappa shape index (κ3) is 3.16. The first-order valence-corrected chi connectivity index (χ1v) is 8.51. The maximum atomic E-state index is 4.11. The van der Waals surface area contributed by atoms with Gasteiger partial charge in [0.25, 0.3) is 0 Å². The van der Waals surface area contributed by atoms with Crippen LogP contribution in [0.1, 0.15) is 5.56 Å². The standard InChI is InChI=1S/C13H17N5S2/c1-14-6-7-18-13(15-16-17-18)19-9-11-8-10-4-2-3-5-12(10)20-11/h2-5,11,14H,6-9H2,1H3. The first-order valence-electron chi connectivity index (χ1n) is 6.65. The number of aromatic nitrogens is 4. The predicted octanol–water partition coefficient (Wildman–Crippen LogP) is 1.70. The second-order valence-electron chi connectivity index (χ2n) is 4.65. The molecule has 7 heteroatoms. The van der Waals surface area contributed by atoms with Gasteiger partial charge in [-0.25, -0.2) is 4.68 Å². The van der Waals surface area contributed by atoms with Crippen LogP contribution in [0.15, 0.2) is 34.3 Å². The number of nitrogens with zero attached hydrogens (tertiary/aromatic N) is 4. The lowest BCUT2D eigenvalue weighted by atomic mass is 10.1. The average molecular weight is 307 g/mol. The number of fused-ring (bicyclic) bond motifs is 1. The maximum Gasteiger partial charge on any atom is 0.209 e. The van der Waals surface area contributed by atoms with E-state index >= 15 is 0 Å². The zero-order chi connectivity index (χ0) is 13.8. The van der Waals surface area contributed by atoms with Crippen LogP contribution < -0.4 is 5.32 Å². The fraction of sp³-hybridized carbons (Fsp3) is 0.462.